The van der Waals surface area contributed by atoms with Crippen molar-refractivity contribution in [2.24, 2.45) is 0 Å². The highest BCUT2D eigenvalue weighted by Crippen LogP contribution is 2.52. The van der Waals surface area contributed by atoms with E-state index in [2.05, 4.69) is 31.0 Å². The molecule has 0 bridgehead atoms. The largest absolute Gasteiger partial charge is 0.504 e. The minimum Gasteiger partial charge on any atom is -0.504 e. The number of rotatable bonds is 2. The first kappa shape index (κ1) is 15.3. The lowest BCUT2D eigenvalue weighted by Gasteiger charge is -2.40. The molecule has 126 valence electrons. The van der Waals surface area contributed by atoms with Crippen LogP contribution in [-0.2, 0) is 12.8 Å². The molecule has 4 rings (SSSR count). The molecule has 2 aromatic carbocycles. The van der Waals surface area contributed by atoms with Gasteiger partial charge in [-0.2, -0.15) is 0 Å². The number of hydrogen-bond acceptors (Lipinski definition) is 4. The van der Waals surface area contributed by atoms with Crippen molar-refractivity contribution in [1.82, 2.24) is 4.90 Å². The second-order valence-corrected chi connectivity index (χ2v) is 6.81. The molecule has 24 heavy (non-hydrogen) atoms. The summed E-state index contributed by atoms with van der Waals surface area (Å²) in [5.74, 6) is 1.73. The van der Waals surface area contributed by atoms with E-state index in [-0.39, 0.29) is 5.75 Å². The molecule has 4 nitrogen and oxygen atoms in total. The van der Waals surface area contributed by atoms with Crippen molar-refractivity contribution in [3.05, 3.63) is 40.5 Å². The summed E-state index contributed by atoms with van der Waals surface area (Å²) in [6, 6.07) is 6.51. The summed E-state index contributed by atoms with van der Waals surface area (Å²) in [5.41, 5.74) is 7.11. The third kappa shape index (κ3) is 2.02. The molecule has 1 heterocycles. The summed E-state index contributed by atoms with van der Waals surface area (Å²) in [4.78, 5) is 2.40. The molecule has 0 amide bonds. The van der Waals surface area contributed by atoms with Crippen LogP contribution in [0.5, 0.6) is 17.2 Å². The molecule has 1 atom stereocenters. The molecule has 1 aliphatic heterocycles. The molecule has 0 spiro atoms. The molecular weight excluding hydrogens is 302 g/mol. The third-order valence-corrected chi connectivity index (χ3v) is 5.49. The first-order chi connectivity index (χ1) is 11.5. The maximum Gasteiger partial charge on any atom is 0.168 e. The Balaban J connectivity index is 2.07. The molecule has 1 N–H and O–H groups in total. The Bertz CT molecular complexity index is 828. The van der Waals surface area contributed by atoms with Crippen LogP contribution in [0, 0.1) is 6.92 Å². The van der Waals surface area contributed by atoms with E-state index < -0.39 is 0 Å². The van der Waals surface area contributed by atoms with Crippen LogP contribution in [-0.4, -0.2) is 37.8 Å². The predicted octanol–water partition coefficient (Wildman–Crippen LogP) is 3.47. The summed E-state index contributed by atoms with van der Waals surface area (Å²) in [5, 5.41) is 10.5. The summed E-state index contributed by atoms with van der Waals surface area (Å²) >= 11 is 0. The first-order valence-electron chi connectivity index (χ1n) is 8.36. The van der Waals surface area contributed by atoms with Gasteiger partial charge < -0.3 is 14.6 Å². The highest BCUT2D eigenvalue weighted by atomic mass is 16.5. The number of phenols is 1. The minimum atomic E-state index is 0.232. The zero-order valence-electron chi connectivity index (χ0n) is 14.6. The second kappa shape index (κ2) is 5.42. The Hall–Kier alpha value is -2.20. The van der Waals surface area contributed by atoms with Gasteiger partial charge in [-0.15, -0.1) is 0 Å². The number of hydrogen-bond donors (Lipinski definition) is 1. The van der Waals surface area contributed by atoms with Crippen LogP contribution in [0.1, 0.15) is 28.3 Å². The van der Waals surface area contributed by atoms with Gasteiger partial charge >= 0.3 is 0 Å². The van der Waals surface area contributed by atoms with Gasteiger partial charge in [-0.3, -0.25) is 4.90 Å². The summed E-state index contributed by atoms with van der Waals surface area (Å²) in [6.07, 6.45) is 1.91. The van der Waals surface area contributed by atoms with Crippen molar-refractivity contribution in [3.63, 3.8) is 0 Å². The molecule has 4 heteroatoms. The molecule has 0 fully saturated rings. The molecule has 0 aromatic heterocycles. The monoisotopic (exact) mass is 325 g/mol. The number of aryl methyl sites for hydroxylation is 1. The molecule has 1 aliphatic carbocycles. The topological polar surface area (TPSA) is 41.9 Å². The number of aromatic hydroxyl groups is 1. The van der Waals surface area contributed by atoms with Gasteiger partial charge in [-0.05, 0) is 72.8 Å². The molecular formula is C20H23NO3. The van der Waals surface area contributed by atoms with E-state index in [9.17, 15) is 5.11 Å². The van der Waals surface area contributed by atoms with Gasteiger partial charge in [0.2, 0.25) is 0 Å². The Morgan fingerprint density at radius 2 is 1.92 bits per heavy atom. The van der Waals surface area contributed by atoms with Gasteiger partial charge in [-0.25, -0.2) is 0 Å². The number of methoxy groups -OCH3 is 2. The van der Waals surface area contributed by atoms with Crippen LogP contribution in [0.15, 0.2) is 18.2 Å². The number of ether oxygens (including phenoxy) is 2. The van der Waals surface area contributed by atoms with E-state index in [0.717, 1.165) is 41.8 Å². The van der Waals surface area contributed by atoms with Gasteiger partial charge in [0.05, 0.1) is 14.2 Å². The zero-order valence-corrected chi connectivity index (χ0v) is 14.6. The maximum absolute atomic E-state index is 10.5. The van der Waals surface area contributed by atoms with E-state index in [4.69, 9.17) is 9.47 Å². The summed E-state index contributed by atoms with van der Waals surface area (Å²) in [7, 11) is 5.51. The van der Waals surface area contributed by atoms with Crippen molar-refractivity contribution in [3.8, 4) is 28.4 Å². The number of fused-ring (bicyclic) bond motifs is 2. The minimum absolute atomic E-state index is 0.232. The Labute approximate surface area is 142 Å². The zero-order chi connectivity index (χ0) is 17.0. The van der Waals surface area contributed by atoms with E-state index in [1.165, 1.54) is 16.7 Å². The average molecular weight is 325 g/mol. The maximum atomic E-state index is 10.5. The number of likely N-dealkylation sites (N-methyl/N-ethyl adjacent to an activating group) is 1. The van der Waals surface area contributed by atoms with Gasteiger partial charge in [0.1, 0.15) is 5.75 Å². The lowest BCUT2D eigenvalue weighted by atomic mass is 9.76. The average Bonchev–Trinajstić information content (AvgIpc) is 2.57. The van der Waals surface area contributed by atoms with Crippen LogP contribution in [0.25, 0.3) is 11.1 Å². The second-order valence-electron chi connectivity index (χ2n) is 6.81. The van der Waals surface area contributed by atoms with Crippen LogP contribution in [0.3, 0.4) is 0 Å². The summed E-state index contributed by atoms with van der Waals surface area (Å²) < 4.78 is 11.1. The van der Waals surface area contributed by atoms with Gasteiger partial charge in [-0.1, -0.05) is 0 Å². The standard InChI is InChI=1S/C20H23NO3/c1-11-7-14-13(10-17(11)23-3)8-15-18-12(5-6-21(15)2)9-16(22)20(24-4)19(14)18/h7,9-10,15,22H,5-6,8H2,1-4H3. The fraction of sp³-hybridized carbons (Fsp3) is 0.400. The Morgan fingerprint density at radius 1 is 1.12 bits per heavy atom. The van der Waals surface area contributed by atoms with Crippen LogP contribution in [0.2, 0.25) is 0 Å². The third-order valence-electron chi connectivity index (χ3n) is 5.49. The number of benzene rings is 2. The van der Waals surface area contributed by atoms with Crippen molar-refractivity contribution < 1.29 is 14.6 Å². The first-order valence-corrected chi connectivity index (χ1v) is 8.36. The lowest BCUT2D eigenvalue weighted by molar-refractivity contribution is 0.226. The number of nitrogens with zero attached hydrogens (tertiary/aromatic N) is 1. The van der Waals surface area contributed by atoms with Crippen molar-refractivity contribution in [1.29, 1.82) is 0 Å². The van der Waals surface area contributed by atoms with Gasteiger partial charge in [0.25, 0.3) is 0 Å². The SMILES string of the molecule is COc1cc2c(cc1C)-c1c(OC)c(O)cc3c1C(C2)N(C)CC3. The van der Waals surface area contributed by atoms with Crippen molar-refractivity contribution >= 4 is 0 Å². The van der Waals surface area contributed by atoms with Gasteiger partial charge in [0, 0.05) is 18.2 Å². The molecule has 0 saturated carbocycles. The lowest BCUT2D eigenvalue weighted by Crippen LogP contribution is -2.35. The molecule has 2 aliphatic rings. The quantitative estimate of drug-likeness (QED) is 0.918. The molecule has 1 unspecified atom stereocenters. The Kier molecular flexibility index (Phi) is 3.46. The predicted molar refractivity (Wildman–Crippen MR) is 94.2 cm³/mol. The summed E-state index contributed by atoms with van der Waals surface area (Å²) in [6.45, 7) is 3.06. The molecule has 0 saturated heterocycles. The smallest absolute Gasteiger partial charge is 0.168 e. The van der Waals surface area contributed by atoms with E-state index in [1.54, 1.807) is 14.2 Å². The van der Waals surface area contributed by atoms with Crippen molar-refractivity contribution in [2.45, 2.75) is 25.8 Å². The fourth-order valence-electron chi connectivity index (χ4n) is 4.27. The highest BCUT2D eigenvalue weighted by molar-refractivity contribution is 5.84. The fourth-order valence-corrected chi connectivity index (χ4v) is 4.27. The van der Waals surface area contributed by atoms with Crippen LogP contribution < -0.4 is 9.47 Å². The van der Waals surface area contributed by atoms with Crippen molar-refractivity contribution in [2.75, 3.05) is 27.8 Å². The van der Waals surface area contributed by atoms with Crippen LogP contribution in [0.4, 0.5) is 0 Å². The van der Waals surface area contributed by atoms with Crippen LogP contribution >= 0.6 is 0 Å². The van der Waals surface area contributed by atoms with E-state index in [0.29, 0.717) is 11.8 Å². The van der Waals surface area contributed by atoms with E-state index in [1.807, 2.05) is 6.07 Å². The van der Waals surface area contributed by atoms with E-state index >= 15 is 0 Å². The van der Waals surface area contributed by atoms with Gasteiger partial charge in [0.15, 0.2) is 11.5 Å². The Morgan fingerprint density at radius 3 is 2.62 bits per heavy atom. The highest BCUT2D eigenvalue weighted by Gasteiger charge is 2.36. The molecule has 0 radical (unpaired) electrons. The molecule has 2 aromatic rings. The normalized spacial score (nSPS) is 18.8. The number of phenolic OH excluding ortho intramolecular Hbond substituents is 1.